The van der Waals surface area contributed by atoms with E-state index in [1.165, 1.54) is 5.56 Å². The van der Waals surface area contributed by atoms with Gasteiger partial charge in [-0.2, -0.15) is 10.2 Å². The van der Waals surface area contributed by atoms with Crippen LogP contribution in [0.2, 0.25) is 0 Å². The van der Waals surface area contributed by atoms with E-state index in [0.29, 0.717) is 6.42 Å². The summed E-state index contributed by atoms with van der Waals surface area (Å²) in [7, 11) is 3.78. The highest BCUT2D eigenvalue weighted by atomic mass is 16.2. The summed E-state index contributed by atoms with van der Waals surface area (Å²) < 4.78 is 1.79. The number of H-pyrrole nitrogens is 1. The van der Waals surface area contributed by atoms with Crippen LogP contribution in [-0.4, -0.2) is 44.4 Å². The number of amides is 1. The number of aryl methyl sites for hydroxylation is 1. The van der Waals surface area contributed by atoms with Crippen LogP contribution in [0.25, 0.3) is 10.9 Å². The molecule has 1 aromatic carbocycles. The normalized spacial score (nSPS) is 20.7. The SMILES string of the molecule is CN1C(=O)C[C@@H](CNCc2ccc3cn[nH]c3c2)[C@@H]1c1cnn(C)c1. The first-order valence-corrected chi connectivity index (χ1v) is 8.49. The average Bonchev–Trinajstić information content (AvgIpc) is 3.28. The standard InChI is InChI=1S/C18H22N6O/c1-23-11-15(10-21-23)18-14(6-17(25)24(18)2)8-19-7-12-3-4-13-9-20-22-16(13)5-12/h3-5,9-11,14,18-19H,6-8H2,1-2H3,(H,20,22)/t14-,18+/m0/s1. The molecule has 0 unspecified atom stereocenters. The summed E-state index contributed by atoms with van der Waals surface area (Å²) >= 11 is 0. The lowest BCUT2D eigenvalue weighted by atomic mass is 9.95. The summed E-state index contributed by atoms with van der Waals surface area (Å²) in [6, 6.07) is 6.37. The second-order valence-electron chi connectivity index (χ2n) is 6.78. The van der Waals surface area contributed by atoms with Crippen LogP contribution in [0, 0.1) is 5.92 Å². The molecular formula is C18H22N6O. The van der Waals surface area contributed by atoms with Crippen LogP contribution in [0.15, 0.2) is 36.8 Å². The molecule has 0 aliphatic carbocycles. The van der Waals surface area contributed by atoms with Crippen LogP contribution in [-0.2, 0) is 18.4 Å². The maximum atomic E-state index is 12.2. The van der Waals surface area contributed by atoms with Crippen LogP contribution in [0.3, 0.4) is 0 Å². The zero-order chi connectivity index (χ0) is 17.4. The Morgan fingerprint density at radius 1 is 1.32 bits per heavy atom. The van der Waals surface area contributed by atoms with Gasteiger partial charge in [0.2, 0.25) is 5.91 Å². The van der Waals surface area contributed by atoms with E-state index < -0.39 is 0 Å². The molecule has 1 fully saturated rings. The fourth-order valence-corrected chi connectivity index (χ4v) is 3.72. The molecule has 4 rings (SSSR count). The molecule has 0 bridgehead atoms. The van der Waals surface area contributed by atoms with E-state index >= 15 is 0 Å². The number of aromatic nitrogens is 4. The largest absolute Gasteiger partial charge is 0.338 e. The van der Waals surface area contributed by atoms with Gasteiger partial charge in [0.25, 0.3) is 0 Å². The van der Waals surface area contributed by atoms with Gasteiger partial charge in [0, 0.05) is 56.7 Å². The maximum Gasteiger partial charge on any atom is 0.223 e. The van der Waals surface area contributed by atoms with Crippen molar-refractivity contribution in [2.75, 3.05) is 13.6 Å². The van der Waals surface area contributed by atoms with Crippen molar-refractivity contribution in [3.8, 4) is 0 Å². The topological polar surface area (TPSA) is 78.8 Å². The molecule has 25 heavy (non-hydrogen) atoms. The van der Waals surface area contributed by atoms with E-state index in [9.17, 15) is 4.79 Å². The monoisotopic (exact) mass is 338 g/mol. The van der Waals surface area contributed by atoms with Crippen molar-refractivity contribution >= 4 is 16.8 Å². The lowest BCUT2D eigenvalue weighted by Crippen LogP contribution is -2.28. The molecule has 3 aromatic rings. The predicted octanol–water partition coefficient (Wildman–Crippen LogP) is 1.61. The number of carbonyl (C=O) groups is 1. The Hall–Kier alpha value is -2.67. The van der Waals surface area contributed by atoms with Crippen molar-refractivity contribution in [2.45, 2.75) is 19.0 Å². The minimum Gasteiger partial charge on any atom is -0.338 e. The number of aromatic amines is 1. The first kappa shape index (κ1) is 15.8. The smallest absolute Gasteiger partial charge is 0.223 e. The maximum absolute atomic E-state index is 12.2. The number of nitrogens with zero attached hydrogens (tertiary/aromatic N) is 4. The lowest BCUT2D eigenvalue weighted by Gasteiger charge is -2.24. The number of carbonyl (C=O) groups excluding carboxylic acids is 1. The van der Waals surface area contributed by atoms with Gasteiger partial charge in [-0.1, -0.05) is 12.1 Å². The van der Waals surface area contributed by atoms with E-state index in [1.54, 1.807) is 4.68 Å². The van der Waals surface area contributed by atoms with Gasteiger partial charge in [0.15, 0.2) is 0 Å². The molecule has 3 heterocycles. The minimum atomic E-state index is 0.0868. The van der Waals surface area contributed by atoms with Gasteiger partial charge >= 0.3 is 0 Å². The van der Waals surface area contributed by atoms with Gasteiger partial charge in [0.05, 0.1) is 24.0 Å². The summed E-state index contributed by atoms with van der Waals surface area (Å²) in [6.07, 6.45) is 6.26. The predicted molar refractivity (Wildman–Crippen MR) is 94.6 cm³/mol. The quantitative estimate of drug-likeness (QED) is 0.741. The molecule has 1 saturated heterocycles. The molecule has 1 aliphatic heterocycles. The zero-order valence-corrected chi connectivity index (χ0v) is 14.4. The summed E-state index contributed by atoms with van der Waals surface area (Å²) in [6.45, 7) is 1.56. The van der Waals surface area contributed by atoms with Crippen LogP contribution in [0.1, 0.15) is 23.6 Å². The first-order chi connectivity index (χ1) is 12.1. The summed E-state index contributed by atoms with van der Waals surface area (Å²) in [4.78, 5) is 14.0. The molecule has 130 valence electrons. The molecule has 7 nitrogen and oxygen atoms in total. The molecule has 0 spiro atoms. The molecule has 2 aromatic heterocycles. The summed E-state index contributed by atoms with van der Waals surface area (Å²) in [5.74, 6) is 0.442. The van der Waals surface area contributed by atoms with Gasteiger partial charge in [-0.05, 0) is 11.6 Å². The Kier molecular flexibility index (Phi) is 4.01. The van der Waals surface area contributed by atoms with Gasteiger partial charge in [-0.15, -0.1) is 0 Å². The zero-order valence-electron chi connectivity index (χ0n) is 14.4. The number of nitrogens with one attached hydrogen (secondary N) is 2. The van der Waals surface area contributed by atoms with Crippen molar-refractivity contribution in [3.63, 3.8) is 0 Å². The van der Waals surface area contributed by atoms with E-state index in [1.807, 2.05) is 37.6 Å². The number of hydrogen-bond acceptors (Lipinski definition) is 4. The lowest BCUT2D eigenvalue weighted by molar-refractivity contribution is -0.127. The average molecular weight is 338 g/mol. The van der Waals surface area contributed by atoms with E-state index in [0.717, 1.165) is 29.6 Å². The van der Waals surface area contributed by atoms with E-state index in [4.69, 9.17) is 0 Å². The van der Waals surface area contributed by atoms with Crippen molar-refractivity contribution in [2.24, 2.45) is 13.0 Å². The van der Waals surface area contributed by atoms with Crippen molar-refractivity contribution in [1.82, 2.24) is 30.2 Å². The van der Waals surface area contributed by atoms with Crippen LogP contribution in [0.5, 0.6) is 0 Å². The minimum absolute atomic E-state index is 0.0868. The molecule has 2 N–H and O–H groups in total. The second-order valence-corrected chi connectivity index (χ2v) is 6.78. The van der Waals surface area contributed by atoms with Gasteiger partial charge < -0.3 is 10.2 Å². The van der Waals surface area contributed by atoms with E-state index in [-0.39, 0.29) is 17.9 Å². The molecule has 1 aliphatic rings. The summed E-state index contributed by atoms with van der Waals surface area (Å²) in [5.41, 5.74) is 3.34. The van der Waals surface area contributed by atoms with Gasteiger partial charge in [-0.25, -0.2) is 0 Å². The molecule has 1 amide bonds. The third-order valence-corrected chi connectivity index (χ3v) is 5.00. The number of benzene rings is 1. The van der Waals surface area contributed by atoms with Gasteiger partial charge in [-0.3, -0.25) is 14.6 Å². The Morgan fingerprint density at radius 2 is 2.20 bits per heavy atom. The van der Waals surface area contributed by atoms with Crippen LogP contribution >= 0.6 is 0 Å². The third-order valence-electron chi connectivity index (χ3n) is 5.00. The fraction of sp³-hybridized carbons (Fsp3) is 0.389. The molecule has 2 atom stereocenters. The fourth-order valence-electron chi connectivity index (χ4n) is 3.72. The molecule has 0 saturated carbocycles. The highest BCUT2D eigenvalue weighted by Crippen LogP contribution is 2.36. The van der Waals surface area contributed by atoms with Crippen molar-refractivity contribution in [3.05, 3.63) is 47.9 Å². The number of rotatable bonds is 5. The van der Waals surface area contributed by atoms with Crippen molar-refractivity contribution in [1.29, 1.82) is 0 Å². The summed E-state index contributed by atoms with van der Waals surface area (Å²) in [5, 5.41) is 15.9. The Bertz CT molecular complexity index is 898. The number of fused-ring (bicyclic) bond motifs is 1. The first-order valence-electron chi connectivity index (χ1n) is 8.49. The van der Waals surface area contributed by atoms with E-state index in [2.05, 4.69) is 38.8 Å². The third kappa shape index (κ3) is 3.02. The molecule has 0 radical (unpaired) electrons. The number of likely N-dealkylation sites (tertiary alicyclic amines) is 1. The van der Waals surface area contributed by atoms with Crippen LogP contribution < -0.4 is 5.32 Å². The molecule has 7 heteroatoms. The number of hydrogen-bond donors (Lipinski definition) is 2. The Labute approximate surface area is 146 Å². The molecular weight excluding hydrogens is 316 g/mol. The highest BCUT2D eigenvalue weighted by Gasteiger charge is 2.38. The van der Waals surface area contributed by atoms with Crippen LogP contribution in [0.4, 0.5) is 0 Å². The second kappa shape index (κ2) is 6.33. The Balaban J connectivity index is 1.42. The van der Waals surface area contributed by atoms with Gasteiger partial charge in [0.1, 0.15) is 0 Å². The highest BCUT2D eigenvalue weighted by molar-refractivity contribution is 5.79. The Morgan fingerprint density at radius 3 is 3.00 bits per heavy atom. The van der Waals surface area contributed by atoms with Crippen molar-refractivity contribution < 1.29 is 4.79 Å².